The van der Waals surface area contributed by atoms with Gasteiger partial charge in [-0.05, 0) is 68.7 Å². The number of para-hydroxylation sites is 1. The predicted molar refractivity (Wildman–Crippen MR) is 151 cm³/mol. The van der Waals surface area contributed by atoms with Crippen LogP contribution in [0.25, 0.3) is 16.6 Å². The monoisotopic (exact) mass is 548 g/mol. The molecule has 0 radical (unpaired) electrons. The summed E-state index contributed by atoms with van der Waals surface area (Å²) in [5, 5.41) is 11.6. The van der Waals surface area contributed by atoms with Gasteiger partial charge in [-0.15, -0.1) is 0 Å². The van der Waals surface area contributed by atoms with Gasteiger partial charge < -0.3 is 9.64 Å². The Morgan fingerprint density at radius 2 is 1.87 bits per heavy atom. The first kappa shape index (κ1) is 27.9. The predicted octanol–water partition coefficient (Wildman–Crippen LogP) is 5.80. The van der Waals surface area contributed by atoms with Crippen molar-refractivity contribution in [1.29, 1.82) is 0 Å². The number of carbonyl (C=O) groups excluding carboxylic acids is 1. The van der Waals surface area contributed by atoms with Gasteiger partial charge in [0.05, 0.1) is 38.1 Å². The van der Waals surface area contributed by atoms with Gasteiger partial charge in [0.2, 0.25) is 0 Å². The smallest absolute Gasteiger partial charge is 0.270 e. The molecule has 0 N–H and O–H groups in total. The largest absolute Gasteiger partial charge is 0.385 e. The summed E-state index contributed by atoms with van der Waals surface area (Å²) in [4.78, 5) is 44.8. The molecule has 0 aliphatic rings. The lowest BCUT2D eigenvalue weighted by molar-refractivity contribution is -0.384. The normalized spacial score (nSPS) is 11.9. The second-order valence-corrected chi connectivity index (χ2v) is 9.75. The molecule has 0 spiro atoms. The van der Waals surface area contributed by atoms with Crippen molar-refractivity contribution in [3.8, 4) is 5.69 Å². The van der Waals surface area contributed by atoms with Crippen molar-refractivity contribution >= 4 is 34.1 Å². The van der Waals surface area contributed by atoms with Crippen molar-refractivity contribution in [3.05, 3.63) is 109 Å². The first-order chi connectivity index (χ1) is 18.6. The Balaban J connectivity index is 1.89. The number of nitro groups is 1. The number of amides is 1. The summed E-state index contributed by atoms with van der Waals surface area (Å²) in [6.07, 6.45) is 0.513. The number of hydrogen-bond acceptors (Lipinski definition) is 6. The zero-order chi connectivity index (χ0) is 28.3. The molecule has 1 heterocycles. The van der Waals surface area contributed by atoms with Crippen LogP contribution < -0.4 is 5.56 Å². The fraction of sp³-hybridized carbons (Fsp3) is 0.276. The molecule has 1 aromatic heterocycles. The average molecular weight is 549 g/mol. The maximum atomic E-state index is 13.9. The number of halogens is 1. The van der Waals surface area contributed by atoms with Gasteiger partial charge in [0.15, 0.2) is 0 Å². The second kappa shape index (κ2) is 11.8. The van der Waals surface area contributed by atoms with Crippen LogP contribution in [0.2, 0.25) is 5.02 Å². The van der Waals surface area contributed by atoms with Crippen LogP contribution in [0.1, 0.15) is 46.7 Å². The molecular weight excluding hydrogens is 520 g/mol. The van der Waals surface area contributed by atoms with E-state index >= 15 is 0 Å². The summed E-state index contributed by atoms with van der Waals surface area (Å²) < 4.78 is 6.76. The number of non-ortho nitro benzene ring substituents is 1. The summed E-state index contributed by atoms with van der Waals surface area (Å²) >= 11 is 6.34. The standard InChI is InChI=1S/C29H29ClN4O5/c1-18-10-11-21(16-19(18)2)33-27(31-26-9-6-5-8-24(26)29(33)36)20(3)32(14-7-15-39-4)28(35)23-13-12-22(34(37)38)17-25(23)30/h5-6,8-13,16-17,20H,7,14-15H2,1-4H3. The van der Waals surface area contributed by atoms with E-state index in [4.69, 9.17) is 21.3 Å². The van der Waals surface area contributed by atoms with E-state index < -0.39 is 16.9 Å². The lowest BCUT2D eigenvalue weighted by Gasteiger charge is -2.31. The quantitative estimate of drug-likeness (QED) is 0.148. The van der Waals surface area contributed by atoms with Gasteiger partial charge in [0, 0.05) is 32.4 Å². The lowest BCUT2D eigenvalue weighted by Crippen LogP contribution is -2.38. The van der Waals surface area contributed by atoms with E-state index in [0.717, 1.165) is 17.2 Å². The molecule has 0 bridgehead atoms. The molecule has 0 aliphatic carbocycles. The minimum atomic E-state index is -0.667. The number of methoxy groups -OCH3 is 1. The van der Waals surface area contributed by atoms with Crippen LogP contribution in [0.4, 0.5) is 5.69 Å². The maximum Gasteiger partial charge on any atom is 0.270 e. The zero-order valence-electron chi connectivity index (χ0n) is 22.2. The Kier molecular flexibility index (Phi) is 8.42. The number of nitrogens with zero attached hydrogens (tertiary/aromatic N) is 4. The van der Waals surface area contributed by atoms with Gasteiger partial charge in [0.25, 0.3) is 17.2 Å². The Labute approximate surface area is 230 Å². The number of carbonyl (C=O) groups is 1. The maximum absolute atomic E-state index is 13.9. The molecule has 4 aromatic rings. The van der Waals surface area contributed by atoms with E-state index in [-0.39, 0.29) is 28.4 Å². The molecule has 0 fully saturated rings. The molecule has 1 unspecified atom stereocenters. The van der Waals surface area contributed by atoms with Crippen molar-refractivity contribution in [1.82, 2.24) is 14.5 Å². The molecule has 0 saturated carbocycles. The van der Waals surface area contributed by atoms with Gasteiger partial charge in [0.1, 0.15) is 5.82 Å². The third kappa shape index (κ3) is 5.69. The summed E-state index contributed by atoms with van der Waals surface area (Å²) in [5.74, 6) is -0.0571. The molecule has 1 atom stereocenters. The number of hydrogen-bond donors (Lipinski definition) is 0. The van der Waals surface area contributed by atoms with Crippen LogP contribution in [0.15, 0.2) is 65.5 Å². The highest BCUT2D eigenvalue weighted by molar-refractivity contribution is 6.34. The van der Waals surface area contributed by atoms with Crippen LogP contribution in [0, 0.1) is 24.0 Å². The fourth-order valence-corrected chi connectivity index (χ4v) is 4.74. The zero-order valence-corrected chi connectivity index (χ0v) is 22.9. The van der Waals surface area contributed by atoms with Gasteiger partial charge >= 0.3 is 0 Å². The van der Waals surface area contributed by atoms with Gasteiger partial charge in [-0.25, -0.2) is 4.98 Å². The number of aromatic nitrogens is 2. The van der Waals surface area contributed by atoms with E-state index in [0.29, 0.717) is 35.4 Å². The lowest BCUT2D eigenvalue weighted by atomic mass is 10.1. The average Bonchev–Trinajstić information content (AvgIpc) is 2.92. The molecule has 0 aliphatic heterocycles. The summed E-state index contributed by atoms with van der Waals surface area (Å²) in [6, 6.07) is 15.9. The van der Waals surface area contributed by atoms with Gasteiger partial charge in [-0.1, -0.05) is 29.8 Å². The Morgan fingerprint density at radius 1 is 1.13 bits per heavy atom. The van der Waals surface area contributed by atoms with Crippen LogP contribution in [-0.4, -0.2) is 45.5 Å². The second-order valence-electron chi connectivity index (χ2n) is 9.34. The summed E-state index contributed by atoms with van der Waals surface area (Å²) in [7, 11) is 1.57. The van der Waals surface area contributed by atoms with E-state index in [2.05, 4.69) is 0 Å². The molecule has 202 valence electrons. The van der Waals surface area contributed by atoms with Gasteiger partial charge in [-0.2, -0.15) is 0 Å². The van der Waals surface area contributed by atoms with E-state index in [1.54, 1.807) is 41.7 Å². The SMILES string of the molecule is COCCCN(C(=O)c1ccc([N+](=O)[O-])cc1Cl)C(C)c1nc2ccccc2c(=O)n1-c1ccc(C)c(C)c1. The minimum absolute atomic E-state index is 0.0313. The fourth-order valence-electron chi connectivity index (χ4n) is 4.48. The molecule has 10 heteroatoms. The Hall–Kier alpha value is -4.08. The van der Waals surface area contributed by atoms with E-state index in [1.165, 1.54) is 12.1 Å². The first-order valence-electron chi connectivity index (χ1n) is 12.5. The molecular formula is C29H29ClN4O5. The van der Waals surface area contributed by atoms with Crippen molar-refractivity contribution < 1.29 is 14.5 Å². The Bertz CT molecular complexity index is 1620. The molecule has 0 saturated heterocycles. The van der Waals surface area contributed by atoms with Crippen LogP contribution in [0.5, 0.6) is 0 Å². The molecule has 3 aromatic carbocycles. The molecule has 39 heavy (non-hydrogen) atoms. The highest BCUT2D eigenvalue weighted by Gasteiger charge is 2.29. The Morgan fingerprint density at radius 3 is 2.54 bits per heavy atom. The summed E-state index contributed by atoms with van der Waals surface area (Å²) in [5.41, 5.74) is 2.91. The first-order valence-corrected chi connectivity index (χ1v) is 12.8. The van der Waals surface area contributed by atoms with Crippen molar-refractivity contribution in [3.63, 3.8) is 0 Å². The highest BCUT2D eigenvalue weighted by Crippen LogP contribution is 2.29. The number of ether oxygens (including phenoxy) is 1. The van der Waals surface area contributed by atoms with Crippen LogP contribution >= 0.6 is 11.6 Å². The number of aryl methyl sites for hydroxylation is 2. The third-order valence-corrected chi connectivity index (χ3v) is 7.11. The molecule has 9 nitrogen and oxygen atoms in total. The van der Waals surface area contributed by atoms with Gasteiger partial charge in [-0.3, -0.25) is 24.3 Å². The number of nitro benzene ring substituents is 1. The van der Waals surface area contributed by atoms with Crippen molar-refractivity contribution in [2.75, 3.05) is 20.3 Å². The number of fused-ring (bicyclic) bond motifs is 1. The highest BCUT2D eigenvalue weighted by atomic mass is 35.5. The summed E-state index contributed by atoms with van der Waals surface area (Å²) in [6.45, 7) is 6.45. The third-order valence-electron chi connectivity index (χ3n) is 6.79. The minimum Gasteiger partial charge on any atom is -0.385 e. The van der Waals surface area contributed by atoms with E-state index in [1.807, 2.05) is 38.1 Å². The van der Waals surface area contributed by atoms with Crippen LogP contribution in [-0.2, 0) is 4.74 Å². The van der Waals surface area contributed by atoms with Crippen molar-refractivity contribution in [2.24, 2.45) is 0 Å². The topological polar surface area (TPSA) is 108 Å². The number of benzene rings is 3. The number of rotatable bonds is 9. The van der Waals surface area contributed by atoms with Crippen LogP contribution in [0.3, 0.4) is 0 Å². The van der Waals surface area contributed by atoms with Crippen molar-refractivity contribution in [2.45, 2.75) is 33.2 Å². The molecule has 4 rings (SSSR count). The molecule has 1 amide bonds. The van der Waals surface area contributed by atoms with E-state index in [9.17, 15) is 19.7 Å².